The van der Waals surface area contributed by atoms with E-state index in [1.807, 2.05) is 18.2 Å². The molecule has 2 aromatic rings. The van der Waals surface area contributed by atoms with Gasteiger partial charge >= 0.3 is 0 Å². The summed E-state index contributed by atoms with van der Waals surface area (Å²) in [5, 5.41) is 12.8. The Labute approximate surface area is 158 Å². The molecule has 0 bridgehead atoms. The Morgan fingerprint density at radius 3 is 2.38 bits per heavy atom. The van der Waals surface area contributed by atoms with Gasteiger partial charge in [-0.25, -0.2) is 0 Å². The maximum absolute atomic E-state index is 10.3. The molecule has 1 saturated heterocycles. The van der Waals surface area contributed by atoms with Crippen LogP contribution in [0.5, 0.6) is 0 Å². The number of rotatable bonds is 3. The molecule has 4 heteroatoms. The number of hydrogen-bond acceptors (Lipinski definition) is 3. The van der Waals surface area contributed by atoms with E-state index < -0.39 is 21.0 Å². The normalized spacial score (nSPS) is 17.2. The van der Waals surface area contributed by atoms with E-state index in [-0.39, 0.29) is 18.3 Å². The third kappa shape index (κ3) is 4.19. The third-order valence-corrected chi connectivity index (χ3v) is 6.24. The van der Waals surface area contributed by atoms with Gasteiger partial charge in [0.05, 0.1) is 18.8 Å². The molecule has 2 aromatic carbocycles. The Bertz CT molecular complexity index is 864. The van der Waals surface area contributed by atoms with Gasteiger partial charge in [0.15, 0.2) is 15.4 Å². The van der Waals surface area contributed by atoms with Gasteiger partial charge in [-0.2, -0.15) is 0 Å². The molecule has 0 aromatic heterocycles. The highest BCUT2D eigenvalue weighted by Crippen LogP contribution is 2.36. The van der Waals surface area contributed by atoms with Gasteiger partial charge in [-0.1, -0.05) is 62.9 Å². The number of benzene rings is 2. The second-order valence-corrected chi connectivity index (χ2v) is 11.5. The molecule has 0 saturated carbocycles. The van der Waals surface area contributed by atoms with Crippen LogP contribution in [0.15, 0.2) is 36.4 Å². The van der Waals surface area contributed by atoms with Crippen molar-refractivity contribution in [2.45, 2.75) is 50.9 Å². The summed E-state index contributed by atoms with van der Waals surface area (Å²) in [6.07, 6.45) is 0. The molecule has 26 heavy (non-hydrogen) atoms. The van der Waals surface area contributed by atoms with Crippen molar-refractivity contribution in [2.75, 3.05) is 13.2 Å². The second kappa shape index (κ2) is 6.83. The van der Waals surface area contributed by atoms with Crippen LogP contribution >= 0.6 is 0 Å². The van der Waals surface area contributed by atoms with E-state index in [1.165, 1.54) is 5.39 Å². The van der Waals surface area contributed by atoms with Crippen molar-refractivity contribution < 1.29 is 14.3 Å². The minimum Gasteiger partial charge on any atom is -0.414 e. The van der Waals surface area contributed by atoms with Gasteiger partial charge in [0.1, 0.15) is 0 Å². The molecule has 3 nitrogen and oxygen atoms in total. The molecular formula is C22H28O3Si. The second-order valence-electron chi connectivity index (χ2n) is 8.84. The lowest BCUT2D eigenvalue weighted by Crippen LogP contribution is -2.48. The van der Waals surface area contributed by atoms with E-state index in [4.69, 9.17) is 9.16 Å². The number of fused-ring (bicyclic) bond motifs is 1. The van der Waals surface area contributed by atoms with Gasteiger partial charge in [0.2, 0.25) is 0 Å². The summed E-state index contributed by atoms with van der Waals surface area (Å²) in [6.45, 7) is 11.5. The van der Waals surface area contributed by atoms with Crippen molar-refractivity contribution in [1.29, 1.82) is 0 Å². The van der Waals surface area contributed by atoms with E-state index in [0.29, 0.717) is 0 Å². The molecule has 0 radical (unpaired) electrons. The lowest BCUT2D eigenvalue weighted by molar-refractivity contribution is -0.140. The first-order valence-electron chi connectivity index (χ1n) is 9.09. The summed E-state index contributed by atoms with van der Waals surface area (Å²) in [5.41, 5.74) is 0.553. The molecular weight excluding hydrogens is 340 g/mol. The van der Waals surface area contributed by atoms with Gasteiger partial charge in [-0.05, 0) is 35.7 Å². The van der Waals surface area contributed by atoms with E-state index in [2.05, 4.69) is 64.7 Å². The summed E-state index contributed by atoms with van der Waals surface area (Å²) in [6, 6.07) is 12.5. The van der Waals surface area contributed by atoms with Crippen molar-refractivity contribution in [1.82, 2.24) is 0 Å². The summed E-state index contributed by atoms with van der Waals surface area (Å²) in [7, 11) is -0.733. The highest BCUT2D eigenvalue weighted by molar-refractivity contribution is 6.31. The molecule has 1 aliphatic rings. The van der Waals surface area contributed by atoms with Crippen molar-refractivity contribution in [3.63, 3.8) is 0 Å². The van der Waals surface area contributed by atoms with Crippen LogP contribution in [0.25, 0.3) is 10.8 Å². The average Bonchev–Trinajstić information content (AvgIpc) is 2.55. The summed E-state index contributed by atoms with van der Waals surface area (Å²) < 4.78 is 11.6. The molecule has 1 aliphatic heterocycles. The molecule has 0 amide bonds. The smallest absolute Gasteiger partial charge is 0.172 e. The van der Waals surface area contributed by atoms with E-state index >= 15 is 0 Å². The summed E-state index contributed by atoms with van der Waals surface area (Å²) >= 11 is 0. The highest BCUT2D eigenvalue weighted by Gasteiger charge is 2.34. The lowest BCUT2D eigenvalue weighted by Gasteiger charge is -2.33. The Balaban J connectivity index is 2.09. The van der Waals surface area contributed by atoms with Gasteiger partial charge in [0.25, 0.3) is 0 Å². The Hall–Kier alpha value is -1.64. The van der Waals surface area contributed by atoms with Gasteiger partial charge in [-0.15, -0.1) is 0 Å². The zero-order valence-corrected chi connectivity index (χ0v) is 17.8. The standard InChI is InChI=1S/C22H28O3Si/c1-20(2,3)26-25-21(4,5)19-17(12-13-22(23)14-24-15-22)11-10-16-8-6-7-9-18(16)19/h6-11,23H,14-15,26H2,1-5H3. The number of hydrogen-bond donors (Lipinski definition) is 1. The van der Waals surface area contributed by atoms with Gasteiger partial charge < -0.3 is 14.3 Å². The maximum atomic E-state index is 10.3. The van der Waals surface area contributed by atoms with E-state index in [9.17, 15) is 5.11 Å². The van der Waals surface area contributed by atoms with Crippen LogP contribution in [0.3, 0.4) is 0 Å². The van der Waals surface area contributed by atoms with E-state index in [0.717, 1.165) is 16.5 Å². The maximum Gasteiger partial charge on any atom is 0.172 e. The predicted octanol–water partition coefficient (Wildman–Crippen LogP) is 3.51. The van der Waals surface area contributed by atoms with Crippen LogP contribution < -0.4 is 0 Å². The molecule has 3 rings (SSSR count). The first-order valence-corrected chi connectivity index (χ1v) is 10.4. The van der Waals surface area contributed by atoms with Crippen LogP contribution in [0, 0.1) is 11.8 Å². The Morgan fingerprint density at radius 2 is 1.77 bits per heavy atom. The SMILES string of the molecule is CC(C)(C)[SiH2]OC(C)(C)c1c(C#CC2(O)COC2)ccc2ccccc12. The molecule has 0 spiro atoms. The topological polar surface area (TPSA) is 38.7 Å². The fourth-order valence-electron chi connectivity index (χ4n) is 3.04. The van der Waals surface area contributed by atoms with Crippen LogP contribution in [0.4, 0.5) is 0 Å². The number of aliphatic hydroxyl groups is 1. The molecule has 1 fully saturated rings. The molecule has 0 atom stereocenters. The van der Waals surface area contributed by atoms with Gasteiger partial charge in [0, 0.05) is 11.1 Å². The quantitative estimate of drug-likeness (QED) is 0.666. The van der Waals surface area contributed by atoms with Crippen LogP contribution in [0.1, 0.15) is 45.7 Å². The number of ether oxygens (including phenoxy) is 1. The lowest BCUT2D eigenvalue weighted by atomic mass is 9.88. The molecule has 0 aliphatic carbocycles. The predicted molar refractivity (Wildman–Crippen MR) is 109 cm³/mol. The van der Waals surface area contributed by atoms with Gasteiger partial charge in [-0.3, -0.25) is 0 Å². The Kier molecular flexibility index (Phi) is 5.02. The minimum absolute atomic E-state index is 0.214. The highest BCUT2D eigenvalue weighted by atomic mass is 28.2. The largest absolute Gasteiger partial charge is 0.414 e. The fraction of sp³-hybridized carbons (Fsp3) is 0.455. The monoisotopic (exact) mass is 368 g/mol. The fourth-order valence-corrected chi connectivity index (χ4v) is 3.98. The van der Waals surface area contributed by atoms with Crippen molar-refractivity contribution in [2.24, 2.45) is 0 Å². The van der Waals surface area contributed by atoms with Crippen molar-refractivity contribution in [3.05, 3.63) is 47.5 Å². The van der Waals surface area contributed by atoms with Crippen LogP contribution in [0.2, 0.25) is 5.04 Å². The first-order chi connectivity index (χ1) is 12.1. The molecule has 138 valence electrons. The molecule has 1 heterocycles. The Morgan fingerprint density at radius 1 is 1.08 bits per heavy atom. The average molecular weight is 369 g/mol. The minimum atomic E-state index is -1.02. The van der Waals surface area contributed by atoms with E-state index in [1.54, 1.807) is 0 Å². The van der Waals surface area contributed by atoms with Crippen molar-refractivity contribution >= 4 is 20.5 Å². The zero-order chi connectivity index (χ0) is 19.0. The summed E-state index contributed by atoms with van der Waals surface area (Å²) in [5.74, 6) is 6.20. The molecule has 0 unspecified atom stereocenters. The zero-order valence-electron chi connectivity index (χ0n) is 16.3. The first kappa shape index (κ1) is 19.1. The van der Waals surface area contributed by atoms with Crippen LogP contribution in [-0.2, 0) is 14.8 Å². The summed E-state index contributed by atoms with van der Waals surface area (Å²) in [4.78, 5) is 0. The van der Waals surface area contributed by atoms with Crippen molar-refractivity contribution in [3.8, 4) is 11.8 Å². The molecule has 1 N–H and O–H groups in total. The third-order valence-electron chi connectivity index (χ3n) is 4.51. The van der Waals surface area contributed by atoms with Crippen LogP contribution in [-0.4, -0.2) is 33.7 Å².